The van der Waals surface area contributed by atoms with Crippen LogP contribution in [-0.4, -0.2) is 89.2 Å². The van der Waals surface area contributed by atoms with Gasteiger partial charge in [0.25, 0.3) is 0 Å². The van der Waals surface area contributed by atoms with E-state index in [4.69, 9.17) is 11.1 Å². The van der Waals surface area contributed by atoms with Gasteiger partial charge in [0, 0.05) is 98.7 Å². The minimum absolute atomic E-state index is 0.0960. The molecule has 0 saturated heterocycles. The van der Waals surface area contributed by atoms with Crippen molar-refractivity contribution in [3.8, 4) is 0 Å². The number of amides is 1. The number of nitrogens with two attached hydrogens (primary N) is 1. The van der Waals surface area contributed by atoms with Gasteiger partial charge >= 0.3 is 0 Å². The maximum atomic E-state index is 10.8. The van der Waals surface area contributed by atoms with Crippen LogP contribution in [0.1, 0.15) is 152 Å². The average molecular weight is 833 g/mol. The van der Waals surface area contributed by atoms with Crippen LogP contribution in [0.2, 0.25) is 0 Å². The number of hydrogen-bond acceptors (Lipinski definition) is 11. The van der Waals surface area contributed by atoms with E-state index in [-0.39, 0.29) is 17.7 Å². The Labute approximate surface area is 364 Å². The lowest BCUT2D eigenvalue weighted by Crippen LogP contribution is -2.37. The first-order valence-corrected chi connectivity index (χ1v) is 22.3. The Morgan fingerprint density at radius 2 is 1.10 bits per heavy atom. The van der Waals surface area contributed by atoms with Gasteiger partial charge in [-0.2, -0.15) is 0 Å². The molecule has 0 saturated carbocycles. The normalized spacial score (nSPS) is 15.4. The predicted molar refractivity (Wildman–Crippen MR) is 257 cm³/mol. The molecular weight excluding hydrogens is 749 g/mol. The number of rotatable bonds is 7. The van der Waals surface area contributed by atoms with Crippen LogP contribution < -0.4 is 21.7 Å². The van der Waals surface area contributed by atoms with Gasteiger partial charge in [-0.25, -0.2) is 9.97 Å². The third-order valence-electron chi connectivity index (χ3n) is 8.98. The topological polar surface area (TPSA) is 191 Å². The summed E-state index contributed by atoms with van der Waals surface area (Å²) < 4.78 is 0. The Bertz CT molecular complexity index is 1470. The van der Waals surface area contributed by atoms with E-state index in [0.717, 1.165) is 50.1 Å². The third kappa shape index (κ3) is 28.0. The van der Waals surface area contributed by atoms with Crippen molar-refractivity contribution >= 4 is 35.0 Å². The van der Waals surface area contributed by atoms with E-state index in [0.29, 0.717) is 48.5 Å². The number of aliphatic imine (C=N–C) groups is 4. The van der Waals surface area contributed by atoms with Crippen molar-refractivity contribution in [2.75, 3.05) is 39.3 Å². The summed E-state index contributed by atoms with van der Waals surface area (Å²) in [6.07, 6.45) is 11.0. The fourth-order valence-corrected chi connectivity index (χ4v) is 5.11. The minimum atomic E-state index is 0.0960. The van der Waals surface area contributed by atoms with Crippen molar-refractivity contribution in [3.05, 3.63) is 54.4 Å². The Morgan fingerprint density at radius 3 is 1.40 bits per heavy atom. The van der Waals surface area contributed by atoms with Crippen LogP contribution in [0.25, 0.3) is 0 Å². The van der Waals surface area contributed by atoms with Crippen molar-refractivity contribution in [2.45, 2.75) is 141 Å². The van der Waals surface area contributed by atoms with Crippen molar-refractivity contribution in [2.24, 2.45) is 55.3 Å². The van der Waals surface area contributed by atoms with Gasteiger partial charge in [-0.05, 0) is 55.7 Å². The van der Waals surface area contributed by atoms with E-state index in [1.54, 1.807) is 12.4 Å². The Morgan fingerprint density at radius 1 is 0.567 bits per heavy atom. The van der Waals surface area contributed by atoms with Crippen molar-refractivity contribution in [1.29, 1.82) is 5.41 Å². The zero-order valence-electron chi connectivity index (χ0n) is 40.0. The smallest absolute Gasteiger partial charge is 0.227 e. The highest BCUT2D eigenvalue weighted by Gasteiger charge is 2.13. The highest BCUT2D eigenvalue weighted by molar-refractivity contribution is 6.00. The zero-order chi connectivity index (χ0) is 45.5. The van der Waals surface area contributed by atoms with Crippen molar-refractivity contribution in [3.63, 3.8) is 0 Å². The summed E-state index contributed by atoms with van der Waals surface area (Å²) in [5.74, 6) is 7.83. The molecule has 6 heterocycles. The predicted octanol–water partition coefficient (Wildman–Crippen LogP) is 8.89. The number of pyridine rings is 1. The second kappa shape index (κ2) is 33.2. The van der Waals surface area contributed by atoms with E-state index in [9.17, 15) is 4.79 Å². The van der Waals surface area contributed by atoms with Crippen LogP contribution in [0.3, 0.4) is 0 Å². The number of aromatic nitrogens is 3. The molecule has 0 aliphatic carbocycles. The summed E-state index contributed by atoms with van der Waals surface area (Å²) in [7, 11) is 0. The fourth-order valence-electron chi connectivity index (χ4n) is 5.11. The summed E-state index contributed by atoms with van der Waals surface area (Å²) in [5.41, 5.74) is 7.61. The molecule has 4 aliphatic heterocycles. The average Bonchev–Trinajstić information content (AvgIpc) is 3.80. The van der Waals surface area contributed by atoms with E-state index in [2.05, 4.69) is 120 Å². The number of nitrogens with zero attached hydrogens (tertiary/aromatic N) is 7. The van der Waals surface area contributed by atoms with Crippen LogP contribution in [0, 0.1) is 35.0 Å². The summed E-state index contributed by atoms with van der Waals surface area (Å²) >= 11 is 0. The van der Waals surface area contributed by atoms with Gasteiger partial charge in [-0.15, -0.1) is 0 Å². The maximum Gasteiger partial charge on any atom is 0.227 e. The quantitative estimate of drug-likeness (QED) is 0.136. The van der Waals surface area contributed by atoms with Crippen molar-refractivity contribution < 1.29 is 4.79 Å². The first kappa shape index (κ1) is 55.5. The Hall–Kier alpha value is -4.55. The fraction of sp³-hybridized carbons (Fsp3) is 0.681. The monoisotopic (exact) mass is 833 g/mol. The number of carbonyl (C=O) groups is 1. The molecule has 6 N–H and O–H groups in total. The second-order valence-electron chi connectivity index (χ2n) is 17.0. The highest BCUT2D eigenvalue weighted by Crippen LogP contribution is 2.12. The van der Waals surface area contributed by atoms with Gasteiger partial charge in [0.05, 0.1) is 24.1 Å². The van der Waals surface area contributed by atoms with Crippen LogP contribution >= 0.6 is 0 Å². The van der Waals surface area contributed by atoms with Crippen LogP contribution in [0.5, 0.6) is 0 Å². The van der Waals surface area contributed by atoms with Gasteiger partial charge < -0.3 is 21.7 Å². The molecule has 2 aromatic heterocycles. The molecule has 60 heavy (non-hydrogen) atoms. The van der Waals surface area contributed by atoms with E-state index >= 15 is 0 Å². The lowest BCUT2D eigenvalue weighted by molar-refractivity contribution is -0.119. The first-order valence-electron chi connectivity index (χ1n) is 22.3. The number of carbonyl (C=O) groups excluding carboxylic acids is 1. The van der Waals surface area contributed by atoms with Crippen LogP contribution in [0.15, 0.2) is 62.8 Å². The highest BCUT2D eigenvalue weighted by atomic mass is 16.1. The lowest BCUT2D eigenvalue weighted by atomic mass is 10.00. The zero-order valence-corrected chi connectivity index (χ0v) is 40.0. The summed E-state index contributed by atoms with van der Waals surface area (Å²) in [6.45, 7) is 35.2. The maximum absolute atomic E-state index is 10.8. The molecular formula is C47H84N12O. The van der Waals surface area contributed by atoms with E-state index in [1.165, 1.54) is 43.1 Å². The molecule has 4 aliphatic rings. The molecule has 0 bridgehead atoms. The minimum Gasteiger partial charge on any atom is -0.387 e. The standard InChI is InChI=1S/C8H15N.C8H11N.C7H12N2O.C7H14N2.C7H10N2.C6H12N2.C4H10N2/c2*1-7(2)8-5-3-4-6-9-8;1-5(2)7-8-4-3-6(10)9-7;2*1-6(2)7-8-4-3-5-9-7;1-5(2)6-7-3-4-8-6;1-3(2)4(5)6/h7H,3-6H2,1-2H3;3-7H,1-2H3;5H,3-4H2,1-2H3,(H,8,9,10);6H,3-5H2,1-2H3,(H,8,9);3-6H,1-2H3;5H,3-4H2,1-2H3,(H,7,8);3H,1-2H3,(H3,5,6). The Kier molecular flexibility index (Phi) is 30.7. The summed E-state index contributed by atoms with van der Waals surface area (Å²) in [5, 5.41) is 15.9. The SMILES string of the molecule is CC(C)C(=N)N.CC(C)C1=NCCC(=O)N1.CC(C)C1=NCCCC1.CC(C)C1=NCCCN1.CC(C)C1=NCCN1.CC(C)c1ccccn1.CC(C)c1ncccn1. The van der Waals surface area contributed by atoms with Gasteiger partial charge in [0.1, 0.15) is 11.7 Å². The lowest BCUT2D eigenvalue weighted by Gasteiger charge is -2.16. The molecule has 0 aromatic carbocycles. The molecule has 13 heteroatoms. The molecule has 338 valence electrons. The molecule has 2 aromatic rings. The van der Waals surface area contributed by atoms with E-state index in [1.807, 2.05) is 58.2 Å². The number of hydrogen-bond donors (Lipinski definition) is 5. The summed E-state index contributed by atoms with van der Waals surface area (Å²) in [6, 6.07) is 7.82. The van der Waals surface area contributed by atoms with Crippen molar-refractivity contribution in [1.82, 2.24) is 30.9 Å². The van der Waals surface area contributed by atoms with Gasteiger partial charge in [-0.3, -0.25) is 35.2 Å². The molecule has 0 fully saturated rings. The summed E-state index contributed by atoms with van der Waals surface area (Å²) in [4.78, 5) is 40.3. The molecule has 13 nitrogen and oxygen atoms in total. The molecule has 0 atom stereocenters. The number of nitrogens with one attached hydrogen (secondary N) is 4. The van der Waals surface area contributed by atoms with Gasteiger partial charge in [-0.1, -0.05) is 103 Å². The second-order valence-corrected chi connectivity index (χ2v) is 17.0. The molecule has 0 unspecified atom stereocenters. The molecule has 1 amide bonds. The van der Waals surface area contributed by atoms with Crippen LogP contribution in [-0.2, 0) is 4.79 Å². The van der Waals surface area contributed by atoms with Gasteiger partial charge in [0.15, 0.2) is 0 Å². The van der Waals surface area contributed by atoms with Gasteiger partial charge in [0.2, 0.25) is 5.91 Å². The molecule has 0 radical (unpaired) electrons. The Balaban J connectivity index is 0.000000680. The number of amidine groups is 4. The first-order chi connectivity index (χ1) is 28.4. The van der Waals surface area contributed by atoms with Crippen LogP contribution in [0.4, 0.5) is 0 Å². The third-order valence-corrected chi connectivity index (χ3v) is 8.98. The van der Waals surface area contributed by atoms with E-state index < -0.39 is 0 Å². The molecule has 6 rings (SSSR count). The largest absolute Gasteiger partial charge is 0.387 e. The molecule has 0 spiro atoms.